The van der Waals surface area contributed by atoms with Crippen LogP contribution in [0.1, 0.15) is 22.1 Å². The maximum atomic E-state index is 11.8. The standard InChI is InChI=1S/C10H11N3O6S/c1-6-12-8(19-13-6)2-3-11-20(16,17)9-4-7(5-18-9)10(14)15/h4-5,11H,2-3H2,1H3,(H,14,15). The van der Waals surface area contributed by atoms with Gasteiger partial charge in [0.1, 0.15) is 6.26 Å². The Kier molecular flexibility index (Phi) is 3.86. The van der Waals surface area contributed by atoms with Crippen molar-refractivity contribution >= 4 is 16.0 Å². The number of aryl methyl sites for hydroxylation is 1. The summed E-state index contributed by atoms with van der Waals surface area (Å²) in [6.45, 7) is 1.67. The molecule has 0 radical (unpaired) electrons. The SMILES string of the molecule is Cc1noc(CCNS(=O)(=O)c2cc(C(=O)O)co2)n1. The van der Waals surface area contributed by atoms with E-state index in [0.29, 0.717) is 11.7 Å². The van der Waals surface area contributed by atoms with Crippen LogP contribution >= 0.6 is 0 Å². The van der Waals surface area contributed by atoms with Gasteiger partial charge in [-0.1, -0.05) is 5.16 Å². The number of nitrogens with one attached hydrogen (secondary N) is 1. The molecule has 0 amide bonds. The molecule has 2 rings (SSSR count). The van der Waals surface area contributed by atoms with Gasteiger partial charge in [0.05, 0.1) is 5.56 Å². The van der Waals surface area contributed by atoms with Crippen molar-refractivity contribution in [2.45, 2.75) is 18.4 Å². The van der Waals surface area contributed by atoms with Crippen molar-refractivity contribution in [3.63, 3.8) is 0 Å². The van der Waals surface area contributed by atoms with Gasteiger partial charge >= 0.3 is 5.97 Å². The minimum Gasteiger partial charge on any atom is -0.478 e. The molecule has 0 saturated heterocycles. The van der Waals surface area contributed by atoms with Gasteiger partial charge in [-0.25, -0.2) is 17.9 Å². The van der Waals surface area contributed by atoms with Gasteiger partial charge < -0.3 is 14.0 Å². The highest BCUT2D eigenvalue weighted by atomic mass is 32.2. The molecule has 0 aliphatic heterocycles. The van der Waals surface area contributed by atoms with Crippen LogP contribution in [0.3, 0.4) is 0 Å². The molecule has 2 aromatic rings. The van der Waals surface area contributed by atoms with E-state index < -0.39 is 21.1 Å². The van der Waals surface area contributed by atoms with Gasteiger partial charge in [0.15, 0.2) is 5.82 Å². The molecule has 9 nitrogen and oxygen atoms in total. The number of sulfonamides is 1. The number of aromatic carboxylic acids is 1. The first-order valence-corrected chi connectivity index (χ1v) is 6.97. The molecule has 2 heterocycles. The molecule has 10 heteroatoms. The lowest BCUT2D eigenvalue weighted by Gasteiger charge is -2.01. The summed E-state index contributed by atoms with van der Waals surface area (Å²) >= 11 is 0. The molecule has 20 heavy (non-hydrogen) atoms. The van der Waals surface area contributed by atoms with E-state index in [2.05, 4.69) is 14.9 Å². The molecule has 2 aromatic heterocycles. The monoisotopic (exact) mass is 301 g/mol. The maximum absolute atomic E-state index is 11.8. The van der Waals surface area contributed by atoms with Gasteiger partial charge in [0, 0.05) is 19.0 Å². The summed E-state index contributed by atoms with van der Waals surface area (Å²) in [7, 11) is -3.91. The van der Waals surface area contributed by atoms with Gasteiger partial charge in [-0.05, 0) is 6.92 Å². The second-order valence-electron chi connectivity index (χ2n) is 3.84. The Morgan fingerprint density at radius 3 is 2.80 bits per heavy atom. The van der Waals surface area contributed by atoms with E-state index in [1.165, 1.54) is 0 Å². The molecule has 0 aromatic carbocycles. The van der Waals surface area contributed by atoms with Crippen LogP contribution < -0.4 is 4.72 Å². The fourth-order valence-electron chi connectivity index (χ4n) is 1.37. The first-order chi connectivity index (χ1) is 9.38. The number of carbonyl (C=O) groups is 1. The van der Waals surface area contributed by atoms with Crippen LogP contribution in [0.25, 0.3) is 0 Å². The highest BCUT2D eigenvalue weighted by molar-refractivity contribution is 7.89. The van der Waals surface area contributed by atoms with Gasteiger partial charge in [-0.2, -0.15) is 4.98 Å². The zero-order valence-electron chi connectivity index (χ0n) is 10.4. The fraction of sp³-hybridized carbons (Fsp3) is 0.300. The first-order valence-electron chi connectivity index (χ1n) is 5.49. The lowest BCUT2D eigenvalue weighted by atomic mass is 10.4. The summed E-state index contributed by atoms with van der Waals surface area (Å²) in [5.74, 6) is -0.507. The molecular weight excluding hydrogens is 290 g/mol. The maximum Gasteiger partial charge on any atom is 0.339 e. The van der Waals surface area contributed by atoms with E-state index in [9.17, 15) is 13.2 Å². The van der Waals surface area contributed by atoms with Crippen molar-refractivity contribution in [1.29, 1.82) is 0 Å². The third-order valence-corrected chi connectivity index (χ3v) is 3.62. The molecule has 0 fully saturated rings. The zero-order chi connectivity index (χ0) is 14.8. The van der Waals surface area contributed by atoms with Crippen LogP contribution in [-0.4, -0.2) is 36.2 Å². The second-order valence-corrected chi connectivity index (χ2v) is 5.54. The number of nitrogens with zero attached hydrogens (tertiary/aromatic N) is 2. The first kappa shape index (κ1) is 14.2. The van der Waals surface area contributed by atoms with Gasteiger partial charge in [0.2, 0.25) is 11.0 Å². The molecule has 2 N–H and O–H groups in total. The van der Waals surface area contributed by atoms with Gasteiger partial charge in [0.25, 0.3) is 10.0 Å². The van der Waals surface area contributed by atoms with Gasteiger partial charge in [-0.3, -0.25) is 0 Å². The Hall–Kier alpha value is -2.20. The zero-order valence-corrected chi connectivity index (χ0v) is 11.2. The molecule has 0 bridgehead atoms. The quantitative estimate of drug-likeness (QED) is 0.771. The highest BCUT2D eigenvalue weighted by Crippen LogP contribution is 2.13. The van der Waals surface area contributed by atoms with Crippen molar-refractivity contribution in [3.05, 3.63) is 29.6 Å². The largest absolute Gasteiger partial charge is 0.478 e. The molecule has 0 aliphatic rings. The van der Waals surface area contributed by atoms with E-state index >= 15 is 0 Å². The predicted molar refractivity (Wildman–Crippen MR) is 63.6 cm³/mol. The molecule has 108 valence electrons. The minimum absolute atomic E-state index is 0.0209. The predicted octanol–water partition coefficient (Wildman–Crippen LogP) is 0.190. The number of furan rings is 1. The Labute approximate surface area is 113 Å². The third-order valence-electron chi connectivity index (χ3n) is 2.29. The molecule has 0 spiro atoms. The van der Waals surface area contributed by atoms with Crippen LogP contribution in [-0.2, 0) is 16.4 Å². The number of hydrogen-bond acceptors (Lipinski definition) is 7. The Morgan fingerprint density at radius 2 is 2.25 bits per heavy atom. The van der Waals surface area contributed by atoms with Crippen LogP contribution in [0.4, 0.5) is 0 Å². The van der Waals surface area contributed by atoms with Crippen LogP contribution in [0.5, 0.6) is 0 Å². The fourth-order valence-corrected chi connectivity index (χ4v) is 2.34. The van der Waals surface area contributed by atoms with Crippen LogP contribution in [0.2, 0.25) is 0 Å². The molecule has 0 aliphatic carbocycles. The topological polar surface area (TPSA) is 136 Å². The lowest BCUT2D eigenvalue weighted by molar-refractivity contribution is 0.0696. The van der Waals surface area contributed by atoms with Crippen molar-refractivity contribution in [2.24, 2.45) is 0 Å². The summed E-state index contributed by atoms with van der Waals surface area (Å²) in [4.78, 5) is 14.6. The number of carboxylic acids is 1. The van der Waals surface area contributed by atoms with E-state index in [0.717, 1.165) is 12.3 Å². The molecule has 0 saturated carbocycles. The van der Waals surface area contributed by atoms with Crippen LogP contribution in [0.15, 0.2) is 26.4 Å². The Bertz CT molecular complexity index is 717. The Balaban J connectivity index is 1.98. The van der Waals surface area contributed by atoms with Crippen molar-refractivity contribution in [2.75, 3.05) is 6.54 Å². The lowest BCUT2D eigenvalue weighted by Crippen LogP contribution is -2.25. The molecule has 0 atom stereocenters. The van der Waals surface area contributed by atoms with Crippen molar-refractivity contribution in [1.82, 2.24) is 14.9 Å². The number of hydrogen-bond donors (Lipinski definition) is 2. The minimum atomic E-state index is -3.91. The molecule has 0 unspecified atom stereocenters. The van der Waals surface area contributed by atoms with Crippen molar-refractivity contribution in [3.8, 4) is 0 Å². The summed E-state index contributed by atoms with van der Waals surface area (Å²) in [5.41, 5.74) is -0.238. The third kappa shape index (κ3) is 3.22. The smallest absolute Gasteiger partial charge is 0.339 e. The second kappa shape index (κ2) is 5.43. The molecular formula is C10H11N3O6S. The Morgan fingerprint density at radius 1 is 1.50 bits per heavy atom. The normalized spacial score (nSPS) is 11.7. The van der Waals surface area contributed by atoms with E-state index in [-0.39, 0.29) is 18.5 Å². The van der Waals surface area contributed by atoms with E-state index in [1.54, 1.807) is 6.92 Å². The highest BCUT2D eigenvalue weighted by Gasteiger charge is 2.20. The number of aromatic nitrogens is 2. The number of carboxylic acid groups (broad SMARTS) is 1. The van der Waals surface area contributed by atoms with Crippen LogP contribution in [0, 0.1) is 6.92 Å². The van der Waals surface area contributed by atoms with E-state index in [1.807, 2.05) is 0 Å². The summed E-state index contributed by atoms with van der Waals surface area (Å²) in [5, 5.41) is 11.8. The van der Waals surface area contributed by atoms with E-state index in [4.69, 9.17) is 14.0 Å². The average molecular weight is 301 g/mol. The summed E-state index contributed by atoms with van der Waals surface area (Å²) < 4.78 is 35.4. The van der Waals surface area contributed by atoms with Gasteiger partial charge in [-0.15, -0.1) is 0 Å². The number of rotatable bonds is 6. The van der Waals surface area contributed by atoms with Crippen molar-refractivity contribution < 1.29 is 27.3 Å². The summed E-state index contributed by atoms with van der Waals surface area (Å²) in [6.07, 6.45) is 1.07. The average Bonchev–Trinajstić information content (AvgIpc) is 2.98. The summed E-state index contributed by atoms with van der Waals surface area (Å²) in [6, 6.07) is 0.932.